The van der Waals surface area contributed by atoms with Crippen molar-refractivity contribution in [3.8, 4) is 0 Å². The summed E-state index contributed by atoms with van der Waals surface area (Å²) in [6.07, 6.45) is 2.92. The monoisotopic (exact) mass is 256 g/mol. The average molecular weight is 256 g/mol. The number of carbonyl (C=O) groups excluding carboxylic acids is 1. The molecule has 0 radical (unpaired) electrons. The van der Waals surface area contributed by atoms with Gasteiger partial charge in [0, 0.05) is 12.1 Å². The summed E-state index contributed by atoms with van der Waals surface area (Å²) < 4.78 is 5.32. The predicted octanol–water partition coefficient (Wildman–Crippen LogP) is 2.68. The van der Waals surface area contributed by atoms with Gasteiger partial charge in [-0.3, -0.25) is 0 Å². The zero-order chi connectivity index (χ0) is 13.8. The van der Waals surface area contributed by atoms with Gasteiger partial charge in [0.15, 0.2) is 0 Å². The van der Waals surface area contributed by atoms with E-state index < -0.39 is 5.60 Å². The van der Waals surface area contributed by atoms with Gasteiger partial charge in [0.1, 0.15) is 5.60 Å². The van der Waals surface area contributed by atoms with Crippen LogP contribution in [0, 0.1) is 5.92 Å². The lowest BCUT2D eigenvalue weighted by Crippen LogP contribution is -2.54. The Morgan fingerprint density at radius 1 is 1.44 bits per heavy atom. The Labute approximate surface area is 111 Å². The van der Waals surface area contributed by atoms with Gasteiger partial charge in [0.2, 0.25) is 0 Å². The van der Waals surface area contributed by atoms with Crippen LogP contribution in [0.15, 0.2) is 0 Å². The molecule has 2 unspecified atom stereocenters. The van der Waals surface area contributed by atoms with Crippen LogP contribution in [0.5, 0.6) is 0 Å². The van der Waals surface area contributed by atoms with Gasteiger partial charge in [0.05, 0.1) is 0 Å². The lowest BCUT2D eigenvalue weighted by molar-refractivity contribution is 0.0477. The van der Waals surface area contributed by atoms with E-state index in [4.69, 9.17) is 4.74 Å². The van der Waals surface area contributed by atoms with Crippen molar-refractivity contribution in [1.82, 2.24) is 10.6 Å². The molecule has 1 amide bonds. The van der Waals surface area contributed by atoms with Crippen LogP contribution in [0.2, 0.25) is 0 Å². The highest BCUT2D eigenvalue weighted by molar-refractivity contribution is 5.68. The molecule has 1 aliphatic heterocycles. The normalized spacial score (nSPS) is 25.0. The number of hydrogen-bond donors (Lipinski definition) is 2. The van der Waals surface area contributed by atoms with Gasteiger partial charge in [0.25, 0.3) is 0 Å². The molecule has 4 nitrogen and oxygen atoms in total. The molecule has 1 heterocycles. The molecule has 106 valence electrons. The minimum atomic E-state index is -0.431. The number of carbonyl (C=O) groups is 1. The summed E-state index contributed by atoms with van der Waals surface area (Å²) in [5.41, 5.74) is -0.431. The summed E-state index contributed by atoms with van der Waals surface area (Å²) in [6.45, 7) is 11.1. The highest BCUT2D eigenvalue weighted by Gasteiger charge is 2.28. The Hall–Kier alpha value is -0.770. The number of rotatable bonds is 3. The van der Waals surface area contributed by atoms with Gasteiger partial charge in [-0.15, -0.1) is 0 Å². The van der Waals surface area contributed by atoms with Crippen LogP contribution in [-0.2, 0) is 4.74 Å². The Bertz CT molecular complexity index is 271. The maximum Gasteiger partial charge on any atom is 0.407 e. The first-order valence-corrected chi connectivity index (χ1v) is 7.01. The second-order valence-corrected chi connectivity index (χ2v) is 6.59. The molecule has 1 fully saturated rings. The van der Waals surface area contributed by atoms with Gasteiger partial charge in [-0.1, -0.05) is 13.8 Å². The van der Waals surface area contributed by atoms with Crippen LogP contribution in [0.3, 0.4) is 0 Å². The quantitative estimate of drug-likeness (QED) is 0.816. The van der Waals surface area contributed by atoms with E-state index >= 15 is 0 Å². The molecule has 1 aliphatic rings. The third-order valence-electron chi connectivity index (χ3n) is 3.01. The largest absolute Gasteiger partial charge is 0.444 e. The van der Waals surface area contributed by atoms with Crippen molar-refractivity contribution in [3.63, 3.8) is 0 Å². The minimum Gasteiger partial charge on any atom is -0.444 e. The number of alkyl carbamates (subject to hydrolysis) is 1. The second kappa shape index (κ2) is 6.41. The first-order chi connectivity index (χ1) is 8.28. The second-order valence-electron chi connectivity index (χ2n) is 6.59. The fourth-order valence-electron chi connectivity index (χ4n) is 2.34. The molecule has 0 spiro atoms. The number of hydrogen-bond acceptors (Lipinski definition) is 3. The summed E-state index contributed by atoms with van der Waals surface area (Å²) in [7, 11) is 0. The maximum absolute atomic E-state index is 11.8. The lowest BCUT2D eigenvalue weighted by Gasteiger charge is -2.34. The summed E-state index contributed by atoms with van der Waals surface area (Å²) in [4.78, 5) is 11.8. The Morgan fingerprint density at radius 3 is 2.67 bits per heavy atom. The van der Waals surface area contributed by atoms with Crippen molar-refractivity contribution < 1.29 is 9.53 Å². The Balaban J connectivity index is 2.48. The van der Waals surface area contributed by atoms with E-state index in [9.17, 15) is 4.79 Å². The third-order valence-corrected chi connectivity index (χ3v) is 3.01. The van der Waals surface area contributed by atoms with Crippen molar-refractivity contribution in [2.24, 2.45) is 5.92 Å². The summed E-state index contributed by atoms with van der Waals surface area (Å²) in [5, 5.41) is 6.51. The van der Waals surface area contributed by atoms with E-state index in [1.54, 1.807) is 0 Å². The van der Waals surface area contributed by atoms with Crippen molar-refractivity contribution >= 4 is 6.09 Å². The van der Waals surface area contributed by atoms with Crippen molar-refractivity contribution in [2.45, 2.75) is 71.6 Å². The molecule has 0 aromatic rings. The summed E-state index contributed by atoms with van der Waals surface area (Å²) in [6, 6.07) is 0.558. The van der Waals surface area contributed by atoms with Gasteiger partial charge >= 0.3 is 6.09 Å². The molecule has 1 rings (SSSR count). The topological polar surface area (TPSA) is 50.4 Å². The molecule has 0 saturated carbocycles. The molecule has 1 saturated heterocycles. The van der Waals surface area contributed by atoms with E-state index in [0.717, 1.165) is 25.8 Å². The van der Waals surface area contributed by atoms with Crippen molar-refractivity contribution in [2.75, 3.05) is 6.54 Å². The van der Waals surface area contributed by atoms with Gasteiger partial charge < -0.3 is 15.4 Å². The van der Waals surface area contributed by atoms with Crippen LogP contribution in [0.4, 0.5) is 4.79 Å². The molecule has 2 atom stereocenters. The van der Waals surface area contributed by atoms with E-state index in [0.29, 0.717) is 12.0 Å². The van der Waals surface area contributed by atoms with Crippen molar-refractivity contribution in [1.29, 1.82) is 0 Å². The molecular formula is C14H28N2O2. The van der Waals surface area contributed by atoms with Crippen molar-refractivity contribution in [3.05, 3.63) is 0 Å². The lowest BCUT2D eigenvalue weighted by atomic mass is 9.91. The van der Waals surface area contributed by atoms with Gasteiger partial charge in [-0.2, -0.15) is 0 Å². The zero-order valence-corrected chi connectivity index (χ0v) is 12.4. The van der Waals surface area contributed by atoms with Gasteiger partial charge in [-0.05, 0) is 52.5 Å². The van der Waals surface area contributed by atoms with Gasteiger partial charge in [-0.25, -0.2) is 4.79 Å². The molecule has 4 heteroatoms. The van der Waals surface area contributed by atoms with E-state index in [-0.39, 0.29) is 12.1 Å². The number of piperidine rings is 1. The van der Waals surface area contributed by atoms with Crippen LogP contribution in [-0.4, -0.2) is 30.3 Å². The van der Waals surface area contributed by atoms with Crippen LogP contribution >= 0.6 is 0 Å². The SMILES string of the molecule is CC(C)CC1NCCCC1NC(=O)OC(C)(C)C. The predicted molar refractivity (Wildman–Crippen MR) is 73.6 cm³/mol. The van der Waals surface area contributed by atoms with E-state index in [1.165, 1.54) is 0 Å². The molecule has 0 bridgehead atoms. The molecule has 18 heavy (non-hydrogen) atoms. The minimum absolute atomic E-state index is 0.191. The number of amides is 1. The first kappa shape index (κ1) is 15.3. The fourth-order valence-corrected chi connectivity index (χ4v) is 2.34. The number of nitrogens with one attached hydrogen (secondary N) is 2. The van der Waals surface area contributed by atoms with E-state index in [1.807, 2.05) is 20.8 Å². The third kappa shape index (κ3) is 5.71. The summed E-state index contributed by atoms with van der Waals surface area (Å²) >= 11 is 0. The number of ether oxygens (including phenoxy) is 1. The fraction of sp³-hybridized carbons (Fsp3) is 0.929. The average Bonchev–Trinajstić information content (AvgIpc) is 2.17. The molecular weight excluding hydrogens is 228 g/mol. The van der Waals surface area contributed by atoms with Crippen LogP contribution in [0.25, 0.3) is 0 Å². The van der Waals surface area contributed by atoms with Crippen LogP contribution in [0.1, 0.15) is 53.9 Å². The molecule has 0 aromatic heterocycles. The molecule has 0 aliphatic carbocycles. The Morgan fingerprint density at radius 2 is 2.11 bits per heavy atom. The zero-order valence-electron chi connectivity index (χ0n) is 12.4. The summed E-state index contributed by atoms with van der Waals surface area (Å²) in [5.74, 6) is 0.628. The maximum atomic E-state index is 11.8. The highest BCUT2D eigenvalue weighted by Crippen LogP contribution is 2.17. The Kier molecular flexibility index (Phi) is 5.45. The van der Waals surface area contributed by atoms with E-state index in [2.05, 4.69) is 24.5 Å². The highest BCUT2D eigenvalue weighted by atomic mass is 16.6. The molecule has 2 N–H and O–H groups in total. The van der Waals surface area contributed by atoms with Crippen LogP contribution < -0.4 is 10.6 Å². The first-order valence-electron chi connectivity index (χ1n) is 7.01. The standard InChI is InChI=1S/C14H28N2O2/c1-10(2)9-12-11(7-6-8-15-12)16-13(17)18-14(3,4)5/h10-12,15H,6-9H2,1-5H3,(H,16,17). The smallest absolute Gasteiger partial charge is 0.407 e. The molecule has 0 aromatic carbocycles.